The summed E-state index contributed by atoms with van der Waals surface area (Å²) < 4.78 is 1.95. The van der Waals surface area contributed by atoms with Crippen molar-refractivity contribution in [1.82, 2.24) is 30.2 Å². The molecule has 9 nitrogen and oxygen atoms in total. The second kappa shape index (κ2) is 8.92. The Kier molecular flexibility index (Phi) is 5.44. The molecule has 0 amide bonds. The number of nitrogens with zero attached hydrogens (tertiary/aromatic N) is 6. The molecule has 0 aliphatic carbocycles. The van der Waals surface area contributed by atoms with E-state index in [9.17, 15) is 9.90 Å². The van der Waals surface area contributed by atoms with Crippen molar-refractivity contribution in [2.24, 2.45) is 0 Å². The van der Waals surface area contributed by atoms with Crippen molar-refractivity contribution in [2.45, 2.75) is 26.2 Å². The van der Waals surface area contributed by atoms with Crippen molar-refractivity contribution < 1.29 is 9.90 Å². The normalized spacial score (nSPS) is 13.9. The van der Waals surface area contributed by atoms with Gasteiger partial charge in [0.05, 0.1) is 16.6 Å². The van der Waals surface area contributed by atoms with E-state index in [1.54, 1.807) is 12.1 Å². The topological polar surface area (TPSA) is 113 Å². The number of hydrogen-bond donors (Lipinski definition) is 2. The van der Waals surface area contributed by atoms with E-state index in [2.05, 4.69) is 48.7 Å². The lowest BCUT2D eigenvalue weighted by molar-refractivity contribution is 0.0698. The number of imidazole rings is 1. The summed E-state index contributed by atoms with van der Waals surface area (Å²) in [5, 5.41) is 24.6. The summed E-state index contributed by atoms with van der Waals surface area (Å²) in [6.45, 7) is 3.83. The molecule has 0 unspecified atom stereocenters. The first-order valence-corrected chi connectivity index (χ1v) is 12.1. The Bertz CT molecular complexity index is 1570. The van der Waals surface area contributed by atoms with Gasteiger partial charge in [-0.05, 0) is 61.2 Å². The minimum Gasteiger partial charge on any atom is -0.478 e. The summed E-state index contributed by atoms with van der Waals surface area (Å²) in [5.41, 5.74) is 6.47. The van der Waals surface area contributed by atoms with Crippen LogP contribution >= 0.6 is 0 Å². The molecule has 1 aliphatic rings. The molecule has 0 spiro atoms. The zero-order valence-corrected chi connectivity index (χ0v) is 19.8. The maximum absolute atomic E-state index is 12.0. The third kappa shape index (κ3) is 3.69. The highest BCUT2D eigenvalue weighted by Gasteiger charge is 2.22. The smallest absolute Gasteiger partial charge is 0.337 e. The van der Waals surface area contributed by atoms with Crippen LogP contribution < -0.4 is 4.90 Å². The molecule has 6 rings (SSSR count). The van der Waals surface area contributed by atoms with Crippen LogP contribution in [0.2, 0.25) is 0 Å². The molecule has 0 saturated carbocycles. The Morgan fingerprint density at radius 2 is 1.75 bits per heavy atom. The van der Waals surface area contributed by atoms with Crippen LogP contribution in [0.15, 0.2) is 60.7 Å². The molecule has 1 saturated heterocycles. The number of rotatable bonds is 5. The van der Waals surface area contributed by atoms with Gasteiger partial charge in [0.2, 0.25) is 5.82 Å². The van der Waals surface area contributed by atoms with Gasteiger partial charge in [0, 0.05) is 35.6 Å². The number of carbonyl (C=O) groups is 1. The standard InChI is InChI=1S/C27H25N7O2/c1-17-28-23-11-7-10-22(27(35)36)25(23)34(17)18-12-13-20(24(16-18)33-14-5-2-6-15-33)19-8-3-4-9-21(19)26-29-31-32-30-26/h3-4,7-13,16H,2,5-6,14-15H2,1H3,(H,35,36)(H,29,30,31,32). The first kappa shape index (κ1) is 22.0. The molecular weight excluding hydrogens is 454 g/mol. The van der Waals surface area contributed by atoms with Crippen LogP contribution in [0, 0.1) is 6.92 Å². The van der Waals surface area contributed by atoms with E-state index in [-0.39, 0.29) is 5.56 Å². The van der Waals surface area contributed by atoms with Crippen molar-refractivity contribution in [2.75, 3.05) is 18.0 Å². The summed E-state index contributed by atoms with van der Waals surface area (Å²) in [6.07, 6.45) is 3.48. The third-order valence-corrected chi connectivity index (χ3v) is 6.81. The van der Waals surface area contributed by atoms with Gasteiger partial charge >= 0.3 is 5.97 Å². The average molecular weight is 480 g/mol. The minimum absolute atomic E-state index is 0.235. The molecule has 0 atom stereocenters. The number of benzene rings is 3. The number of piperidine rings is 1. The second-order valence-corrected chi connectivity index (χ2v) is 9.00. The maximum Gasteiger partial charge on any atom is 0.337 e. The Morgan fingerprint density at radius 3 is 2.50 bits per heavy atom. The van der Waals surface area contributed by atoms with Crippen molar-refractivity contribution in [3.63, 3.8) is 0 Å². The summed E-state index contributed by atoms with van der Waals surface area (Å²) in [7, 11) is 0. The van der Waals surface area contributed by atoms with Crippen LogP contribution in [-0.2, 0) is 0 Å². The summed E-state index contributed by atoms with van der Waals surface area (Å²) in [6, 6.07) is 19.6. The molecule has 0 bridgehead atoms. The van der Waals surface area contributed by atoms with Gasteiger partial charge in [0.25, 0.3) is 0 Å². The summed E-state index contributed by atoms with van der Waals surface area (Å²) in [5.74, 6) is 0.314. The van der Waals surface area contributed by atoms with Crippen molar-refractivity contribution in [3.05, 3.63) is 72.1 Å². The lowest BCUT2D eigenvalue weighted by Gasteiger charge is -2.31. The first-order valence-electron chi connectivity index (χ1n) is 12.1. The van der Waals surface area contributed by atoms with Gasteiger partial charge in [0.1, 0.15) is 5.82 Å². The lowest BCUT2D eigenvalue weighted by Crippen LogP contribution is -2.30. The van der Waals surface area contributed by atoms with E-state index in [1.165, 1.54) is 6.42 Å². The minimum atomic E-state index is -0.969. The van der Waals surface area contributed by atoms with Gasteiger partial charge in [-0.1, -0.05) is 36.4 Å². The fraction of sp³-hybridized carbons (Fsp3) is 0.222. The number of aryl methyl sites for hydroxylation is 1. The molecular formula is C27H25N7O2. The number of carboxylic acids is 1. The quantitative estimate of drug-likeness (QED) is 0.370. The molecule has 3 heterocycles. The van der Waals surface area contributed by atoms with E-state index in [1.807, 2.05) is 41.8 Å². The Labute approximate surface area is 207 Å². The Hall–Kier alpha value is -4.53. The van der Waals surface area contributed by atoms with E-state index in [0.29, 0.717) is 16.9 Å². The molecule has 2 aromatic heterocycles. The zero-order valence-electron chi connectivity index (χ0n) is 19.8. The number of H-pyrrole nitrogens is 1. The molecule has 9 heteroatoms. The summed E-state index contributed by atoms with van der Waals surface area (Å²) >= 11 is 0. The fourth-order valence-electron chi connectivity index (χ4n) is 5.20. The summed E-state index contributed by atoms with van der Waals surface area (Å²) in [4.78, 5) is 19.1. The maximum atomic E-state index is 12.0. The number of aromatic nitrogens is 6. The number of anilines is 1. The van der Waals surface area contributed by atoms with Gasteiger partial charge in [0.15, 0.2) is 0 Å². The average Bonchev–Trinajstić information content (AvgIpc) is 3.56. The molecule has 36 heavy (non-hydrogen) atoms. The highest BCUT2D eigenvalue weighted by molar-refractivity contribution is 6.02. The molecule has 1 fully saturated rings. The molecule has 0 radical (unpaired) electrons. The molecule has 1 aliphatic heterocycles. The number of hydrogen-bond acceptors (Lipinski definition) is 6. The van der Waals surface area contributed by atoms with Crippen LogP contribution in [0.4, 0.5) is 5.69 Å². The first-order chi connectivity index (χ1) is 17.6. The van der Waals surface area contributed by atoms with Crippen LogP contribution in [-0.4, -0.2) is 54.3 Å². The van der Waals surface area contributed by atoms with Crippen molar-refractivity contribution >= 4 is 22.7 Å². The predicted molar refractivity (Wildman–Crippen MR) is 137 cm³/mol. The number of aromatic carboxylic acids is 1. The Balaban J connectivity index is 1.58. The highest BCUT2D eigenvalue weighted by atomic mass is 16.4. The monoisotopic (exact) mass is 479 g/mol. The van der Waals surface area contributed by atoms with Crippen LogP contribution in [0.1, 0.15) is 35.4 Å². The van der Waals surface area contributed by atoms with E-state index in [0.717, 1.165) is 59.8 Å². The number of nitrogens with one attached hydrogen (secondary N) is 1. The number of tetrazole rings is 1. The van der Waals surface area contributed by atoms with Gasteiger partial charge in [-0.3, -0.25) is 4.57 Å². The van der Waals surface area contributed by atoms with Crippen LogP contribution in [0.5, 0.6) is 0 Å². The van der Waals surface area contributed by atoms with Gasteiger partial charge in [-0.25, -0.2) is 9.78 Å². The molecule has 3 aromatic carbocycles. The van der Waals surface area contributed by atoms with Crippen molar-refractivity contribution in [3.8, 4) is 28.2 Å². The molecule has 180 valence electrons. The molecule has 5 aromatic rings. The van der Waals surface area contributed by atoms with Crippen LogP contribution in [0.3, 0.4) is 0 Å². The van der Waals surface area contributed by atoms with Crippen molar-refractivity contribution in [1.29, 1.82) is 0 Å². The lowest BCUT2D eigenvalue weighted by atomic mass is 9.95. The number of fused-ring (bicyclic) bond motifs is 1. The van der Waals surface area contributed by atoms with E-state index < -0.39 is 5.97 Å². The highest BCUT2D eigenvalue weighted by Crippen LogP contribution is 2.39. The third-order valence-electron chi connectivity index (χ3n) is 6.81. The largest absolute Gasteiger partial charge is 0.478 e. The number of aromatic amines is 1. The number of carboxylic acid groups (broad SMARTS) is 1. The SMILES string of the molecule is Cc1nc2cccc(C(=O)O)c2n1-c1ccc(-c2ccccc2-c2nn[nH]n2)c(N2CCCCC2)c1. The predicted octanol–water partition coefficient (Wildman–Crippen LogP) is 4.87. The number of para-hydroxylation sites is 1. The molecule has 2 N–H and O–H groups in total. The van der Waals surface area contributed by atoms with Gasteiger partial charge in [-0.2, -0.15) is 5.21 Å². The van der Waals surface area contributed by atoms with E-state index >= 15 is 0 Å². The van der Waals surface area contributed by atoms with E-state index in [4.69, 9.17) is 0 Å². The fourth-order valence-corrected chi connectivity index (χ4v) is 5.20. The second-order valence-electron chi connectivity index (χ2n) is 9.00. The zero-order chi connectivity index (χ0) is 24.6. The Morgan fingerprint density at radius 1 is 0.944 bits per heavy atom. The van der Waals surface area contributed by atoms with Gasteiger partial charge < -0.3 is 10.0 Å². The van der Waals surface area contributed by atoms with Gasteiger partial charge in [-0.15, -0.1) is 10.2 Å². The van der Waals surface area contributed by atoms with Crippen LogP contribution in [0.25, 0.3) is 39.2 Å².